The number of pyridine rings is 1. The van der Waals surface area contributed by atoms with Gasteiger partial charge in [0.25, 0.3) is 0 Å². The van der Waals surface area contributed by atoms with Crippen molar-refractivity contribution in [3.63, 3.8) is 0 Å². The number of esters is 1. The SMILES string of the molecule is CCOC(=O)c1cn([C@H](CC)c2nc(C)no2)cc(Oc2ccccc2)c1=O. The third-order valence-corrected chi connectivity index (χ3v) is 4.05. The normalized spacial score (nSPS) is 11.8. The van der Waals surface area contributed by atoms with E-state index in [1.165, 1.54) is 12.4 Å². The number of benzene rings is 1. The Balaban J connectivity index is 2.10. The first-order valence-corrected chi connectivity index (χ1v) is 8.99. The van der Waals surface area contributed by atoms with Gasteiger partial charge in [-0.1, -0.05) is 30.3 Å². The Hall–Kier alpha value is -3.42. The van der Waals surface area contributed by atoms with E-state index in [2.05, 4.69) is 10.1 Å². The van der Waals surface area contributed by atoms with Crippen molar-refractivity contribution in [2.45, 2.75) is 33.2 Å². The number of nitrogens with zero attached hydrogens (tertiary/aromatic N) is 3. The quantitative estimate of drug-likeness (QED) is 0.576. The van der Waals surface area contributed by atoms with E-state index in [0.29, 0.717) is 23.9 Å². The lowest BCUT2D eigenvalue weighted by molar-refractivity contribution is 0.0523. The zero-order valence-electron chi connectivity index (χ0n) is 15.9. The van der Waals surface area contributed by atoms with Crippen molar-refractivity contribution in [2.24, 2.45) is 0 Å². The topological polar surface area (TPSA) is 96.5 Å². The maximum atomic E-state index is 12.8. The van der Waals surface area contributed by atoms with E-state index in [4.69, 9.17) is 14.0 Å². The van der Waals surface area contributed by atoms with Crippen molar-refractivity contribution in [3.05, 3.63) is 70.2 Å². The molecule has 0 aliphatic carbocycles. The van der Waals surface area contributed by atoms with Gasteiger partial charge in [-0.3, -0.25) is 4.79 Å². The molecular formula is C20H21N3O5. The molecule has 0 aliphatic rings. The number of rotatable bonds is 7. The third-order valence-electron chi connectivity index (χ3n) is 4.05. The Morgan fingerprint density at radius 3 is 2.57 bits per heavy atom. The molecule has 8 nitrogen and oxygen atoms in total. The summed E-state index contributed by atoms with van der Waals surface area (Å²) in [6.45, 7) is 5.49. The Labute approximate surface area is 161 Å². The van der Waals surface area contributed by atoms with E-state index in [1.807, 2.05) is 13.0 Å². The van der Waals surface area contributed by atoms with E-state index in [1.54, 1.807) is 42.7 Å². The first kappa shape index (κ1) is 19.3. The highest BCUT2D eigenvalue weighted by atomic mass is 16.5. The van der Waals surface area contributed by atoms with Crippen molar-refractivity contribution in [1.29, 1.82) is 0 Å². The lowest BCUT2D eigenvalue weighted by atomic mass is 10.2. The zero-order chi connectivity index (χ0) is 20.1. The minimum absolute atomic E-state index is 0.00596. The van der Waals surface area contributed by atoms with E-state index >= 15 is 0 Å². The number of carbonyl (C=O) groups is 1. The molecule has 0 fully saturated rings. The number of carbonyl (C=O) groups excluding carboxylic acids is 1. The average molecular weight is 383 g/mol. The van der Waals surface area contributed by atoms with Crippen LogP contribution in [0.2, 0.25) is 0 Å². The highest BCUT2D eigenvalue weighted by Crippen LogP contribution is 2.24. The summed E-state index contributed by atoms with van der Waals surface area (Å²) in [5, 5.41) is 3.82. The number of para-hydroxylation sites is 1. The van der Waals surface area contributed by atoms with Gasteiger partial charge in [-0.25, -0.2) is 4.79 Å². The molecule has 1 atom stereocenters. The van der Waals surface area contributed by atoms with Crippen molar-refractivity contribution < 1.29 is 18.8 Å². The van der Waals surface area contributed by atoms with E-state index in [9.17, 15) is 9.59 Å². The summed E-state index contributed by atoms with van der Waals surface area (Å²) in [6, 6.07) is 8.50. The Bertz CT molecular complexity index is 1010. The molecule has 2 aromatic heterocycles. The summed E-state index contributed by atoms with van der Waals surface area (Å²) < 4.78 is 17.7. The molecule has 0 spiro atoms. The average Bonchev–Trinajstić information content (AvgIpc) is 3.11. The fourth-order valence-corrected chi connectivity index (χ4v) is 2.76. The van der Waals surface area contributed by atoms with Crippen LogP contribution in [0, 0.1) is 6.92 Å². The molecule has 3 aromatic rings. The Kier molecular flexibility index (Phi) is 5.88. The molecular weight excluding hydrogens is 362 g/mol. The van der Waals surface area contributed by atoms with E-state index in [-0.39, 0.29) is 24.0 Å². The maximum absolute atomic E-state index is 12.8. The van der Waals surface area contributed by atoms with Crippen LogP contribution >= 0.6 is 0 Å². The maximum Gasteiger partial charge on any atom is 0.343 e. The highest BCUT2D eigenvalue weighted by Gasteiger charge is 2.23. The Morgan fingerprint density at radius 2 is 1.96 bits per heavy atom. The summed E-state index contributed by atoms with van der Waals surface area (Å²) in [6.07, 6.45) is 3.56. The van der Waals surface area contributed by atoms with Crippen molar-refractivity contribution >= 4 is 5.97 Å². The highest BCUT2D eigenvalue weighted by molar-refractivity contribution is 5.89. The number of aromatic nitrogens is 3. The molecule has 1 aromatic carbocycles. The van der Waals surface area contributed by atoms with Gasteiger partial charge in [-0.15, -0.1) is 0 Å². The molecule has 146 valence electrons. The monoisotopic (exact) mass is 383 g/mol. The summed E-state index contributed by atoms with van der Waals surface area (Å²) in [7, 11) is 0. The van der Waals surface area contributed by atoms with Gasteiger partial charge in [-0.2, -0.15) is 4.98 Å². The largest absolute Gasteiger partial charge is 0.462 e. The van der Waals surface area contributed by atoms with E-state index < -0.39 is 11.4 Å². The van der Waals surface area contributed by atoms with Crippen LogP contribution in [-0.2, 0) is 4.74 Å². The number of hydrogen-bond acceptors (Lipinski definition) is 7. The minimum atomic E-state index is -0.712. The van der Waals surface area contributed by atoms with Crippen LogP contribution in [0.5, 0.6) is 11.5 Å². The summed E-state index contributed by atoms with van der Waals surface area (Å²) in [4.78, 5) is 29.4. The first-order chi connectivity index (χ1) is 13.5. The molecule has 0 bridgehead atoms. The zero-order valence-corrected chi connectivity index (χ0v) is 15.9. The lowest BCUT2D eigenvalue weighted by Gasteiger charge is -2.18. The van der Waals surface area contributed by atoms with Crippen LogP contribution in [0.15, 0.2) is 52.0 Å². The van der Waals surface area contributed by atoms with Gasteiger partial charge >= 0.3 is 5.97 Å². The summed E-state index contributed by atoms with van der Waals surface area (Å²) in [5.74, 6) is 0.654. The van der Waals surface area contributed by atoms with Gasteiger partial charge in [0.1, 0.15) is 17.4 Å². The van der Waals surface area contributed by atoms with Crippen LogP contribution in [0.25, 0.3) is 0 Å². The summed E-state index contributed by atoms with van der Waals surface area (Å²) >= 11 is 0. The number of hydrogen-bond donors (Lipinski definition) is 0. The molecule has 8 heteroatoms. The second kappa shape index (κ2) is 8.51. The molecule has 0 radical (unpaired) electrons. The number of ether oxygens (including phenoxy) is 2. The van der Waals surface area contributed by atoms with Gasteiger partial charge in [0, 0.05) is 6.20 Å². The molecule has 0 N–H and O–H groups in total. The molecule has 0 saturated heterocycles. The van der Waals surface area contributed by atoms with Crippen LogP contribution in [0.4, 0.5) is 0 Å². The van der Waals surface area contributed by atoms with Crippen molar-refractivity contribution in [3.8, 4) is 11.5 Å². The third kappa shape index (κ3) is 4.11. The van der Waals surface area contributed by atoms with Gasteiger partial charge in [0.15, 0.2) is 11.6 Å². The van der Waals surface area contributed by atoms with E-state index in [0.717, 1.165) is 0 Å². The van der Waals surface area contributed by atoms with Crippen LogP contribution in [-0.4, -0.2) is 27.3 Å². The van der Waals surface area contributed by atoms with Crippen molar-refractivity contribution in [1.82, 2.24) is 14.7 Å². The smallest absolute Gasteiger partial charge is 0.343 e. The van der Waals surface area contributed by atoms with Gasteiger partial charge in [0.2, 0.25) is 11.3 Å². The summed E-state index contributed by atoms with van der Waals surface area (Å²) in [5.41, 5.74) is -0.667. The molecule has 3 rings (SSSR count). The fraction of sp³-hybridized carbons (Fsp3) is 0.300. The lowest BCUT2D eigenvalue weighted by Crippen LogP contribution is -2.23. The van der Waals surface area contributed by atoms with Gasteiger partial charge < -0.3 is 18.6 Å². The minimum Gasteiger partial charge on any atom is -0.462 e. The molecule has 2 heterocycles. The molecule has 0 unspecified atom stereocenters. The molecule has 0 aliphatic heterocycles. The fourth-order valence-electron chi connectivity index (χ4n) is 2.76. The second-order valence-electron chi connectivity index (χ2n) is 6.05. The standard InChI is InChI=1S/C20H21N3O5/c1-4-16(19-21-13(3)22-28-19)23-11-15(20(25)26-5-2)18(24)17(12-23)27-14-9-7-6-8-10-14/h6-12,16H,4-5H2,1-3H3/t16-/m1/s1. The molecule has 0 amide bonds. The van der Waals surface area contributed by atoms with Gasteiger partial charge in [0.05, 0.1) is 12.8 Å². The van der Waals surface area contributed by atoms with Crippen LogP contribution in [0.1, 0.15) is 48.4 Å². The predicted octanol–water partition coefficient (Wildman–Crippen LogP) is 3.51. The first-order valence-electron chi connectivity index (χ1n) is 8.99. The molecule has 0 saturated carbocycles. The van der Waals surface area contributed by atoms with Crippen LogP contribution in [0.3, 0.4) is 0 Å². The van der Waals surface area contributed by atoms with Gasteiger partial charge in [-0.05, 0) is 32.4 Å². The second-order valence-corrected chi connectivity index (χ2v) is 6.05. The van der Waals surface area contributed by atoms with Crippen LogP contribution < -0.4 is 10.2 Å². The van der Waals surface area contributed by atoms with Crippen molar-refractivity contribution in [2.75, 3.05) is 6.61 Å². The Morgan fingerprint density at radius 1 is 1.21 bits per heavy atom. The number of aryl methyl sites for hydroxylation is 1. The predicted molar refractivity (Wildman–Crippen MR) is 101 cm³/mol. The molecule has 28 heavy (non-hydrogen) atoms.